The second kappa shape index (κ2) is 7.96. The summed E-state index contributed by atoms with van der Waals surface area (Å²) in [5.74, 6) is -0.0357. The Balaban J connectivity index is 1.46. The summed E-state index contributed by atoms with van der Waals surface area (Å²) in [7, 11) is 0. The average Bonchev–Trinajstić information content (AvgIpc) is 3.25. The molecule has 140 valence electrons. The maximum absolute atomic E-state index is 12.5. The number of hydrogen-bond acceptors (Lipinski definition) is 7. The fourth-order valence-electron chi connectivity index (χ4n) is 2.90. The first kappa shape index (κ1) is 17.8. The summed E-state index contributed by atoms with van der Waals surface area (Å²) in [6.07, 6.45) is 5.84. The van der Waals surface area contributed by atoms with Crippen LogP contribution in [0.15, 0.2) is 49.1 Å². The van der Waals surface area contributed by atoms with Gasteiger partial charge in [-0.3, -0.25) is 4.79 Å². The Morgan fingerprint density at radius 3 is 2.86 bits per heavy atom. The number of nitrogens with one attached hydrogen (secondary N) is 2. The summed E-state index contributed by atoms with van der Waals surface area (Å²) < 4.78 is 7.08. The third-order valence-corrected chi connectivity index (χ3v) is 4.31. The highest BCUT2D eigenvalue weighted by molar-refractivity contribution is 6.04. The van der Waals surface area contributed by atoms with Crippen molar-refractivity contribution < 1.29 is 9.53 Å². The van der Waals surface area contributed by atoms with E-state index in [-0.39, 0.29) is 23.5 Å². The second-order valence-electron chi connectivity index (χ2n) is 6.15. The summed E-state index contributed by atoms with van der Waals surface area (Å²) in [5, 5.41) is 19.4. The van der Waals surface area contributed by atoms with Crippen molar-refractivity contribution in [2.45, 2.75) is 6.10 Å². The molecule has 1 fully saturated rings. The lowest BCUT2D eigenvalue weighted by Crippen LogP contribution is -2.33. The third kappa shape index (κ3) is 3.73. The Labute approximate surface area is 161 Å². The highest BCUT2D eigenvalue weighted by atomic mass is 16.5. The van der Waals surface area contributed by atoms with E-state index >= 15 is 0 Å². The van der Waals surface area contributed by atoms with E-state index in [1.54, 1.807) is 0 Å². The Morgan fingerprint density at radius 2 is 2.11 bits per heavy atom. The molecule has 1 atom stereocenters. The van der Waals surface area contributed by atoms with Gasteiger partial charge in [-0.1, -0.05) is 12.1 Å². The molecule has 9 nitrogen and oxygen atoms in total. The normalized spacial score (nSPS) is 16.3. The van der Waals surface area contributed by atoms with Crippen molar-refractivity contribution in [2.24, 2.45) is 0 Å². The lowest BCUT2D eigenvalue weighted by Gasteiger charge is -2.24. The monoisotopic (exact) mass is 375 g/mol. The second-order valence-corrected chi connectivity index (χ2v) is 6.15. The van der Waals surface area contributed by atoms with Gasteiger partial charge in [0.1, 0.15) is 6.07 Å². The van der Waals surface area contributed by atoms with Crippen molar-refractivity contribution >= 4 is 11.6 Å². The fraction of sp³-hybridized carbons (Fsp3) is 0.211. The van der Waals surface area contributed by atoms with Gasteiger partial charge in [0.25, 0.3) is 5.91 Å². The van der Waals surface area contributed by atoms with E-state index in [9.17, 15) is 4.79 Å². The molecule has 3 heterocycles. The number of ether oxygens (including phenoxy) is 1. The van der Waals surface area contributed by atoms with Crippen LogP contribution in [0.25, 0.3) is 5.82 Å². The molecule has 28 heavy (non-hydrogen) atoms. The van der Waals surface area contributed by atoms with Crippen LogP contribution in [0, 0.1) is 11.3 Å². The lowest BCUT2D eigenvalue weighted by molar-refractivity contribution is 0.0277. The molecule has 1 amide bonds. The molecule has 9 heteroatoms. The minimum Gasteiger partial charge on any atom is -0.371 e. The van der Waals surface area contributed by atoms with Gasteiger partial charge >= 0.3 is 0 Å². The van der Waals surface area contributed by atoms with Crippen LogP contribution in [0.2, 0.25) is 0 Å². The summed E-state index contributed by atoms with van der Waals surface area (Å²) in [4.78, 5) is 20.5. The van der Waals surface area contributed by atoms with Crippen LogP contribution in [-0.2, 0) is 4.74 Å². The molecule has 1 aliphatic heterocycles. The van der Waals surface area contributed by atoms with Crippen molar-refractivity contribution in [3.63, 3.8) is 0 Å². The highest BCUT2D eigenvalue weighted by Crippen LogP contribution is 2.21. The number of amides is 1. The number of nitrogens with zero attached hydrogens (tertiary/aromatic N) is 5. The number of aromatic nitrogens is 4. The van der Waals surface area contributed by atoms with Crippen molar-refractivity contribution in [1.82, 2.24) is 25.1 Å². The van der Waals surface area contributed by atoms with Crippen molar-refractivity contribution in [3.05, 3.63) is 65.9 Å². The van der Waals surface area contributed by atoms with Crippen LogP contribution in [0.3, 0.4) is 0 Å². The zero-order valence-corrected chi connectivity index (χ0v) is 14.9. The fourth-order valence-corrected chi connectivity index (χ4v) is 2.90. The van der Waals surface area contributed by atoms with E-state index in [1.165, 1.54) is 29.5 Å². The number of morpholine rings is 1. The standard InChI is InChI=1S/C19H17N7O2/c20-9-16-18(23-6-5-22-16)26-12-14(10-24-26)19(27)25-15-3-1-13(2-4-15)17-11-21-7-8-28-17/h1-6,10,12,17,21H,7-8,11H2,(H,25,27)/t17-/m1/s1. The molecule has 1 aliphatic rings. The van der Waals surface area contributed by atoms with E-state index in [2.05, 4.69) is 25.7 Å². The van der Waals surface area contributed by atoms with Crippen LogP contribution in [-0.4, -0.2) is 45.4 Å². The molecular weight excluding hydrogens is 358 g/mol. The first-order valence-corrected chi connectivity index (χ1v) is 8.74. The molecule has 0 unspecified atom stereocenters. The summed E-state index contributed by atoms with van der Waals surface area (Å²) >= 11 is 0. The molecule has 0 saturated carbocycles. The van der Waals surface area contributed by atoms with Crippen LogP contribution in [0.4, 0.5) is 5.69 Å². The SMILES string of the molecule is N#Cc1nccnc1-n1cc(C(=O)Nc2ccc([C@H]3CNCCO3)cc2)cn1. The van der Waals surface area contributed by atoms with Gasteiger partial charge in [0, 0.05) is 37.4 Å². The lowest BCUT2D eigenvalue weighted by atomic mass is 10.1. The van der Waals surface area contributed by atoms with Crippen LogP contribution in [0.1, 0.15) is 27.7 Å². The van der Waals surface area contributed by atoms with Gasteiger partial charge in [0.05, 0.1) is 24.5 Å². The number of anilines is 1. The van der Waals surface area contributed by atoms with Gasteiger partial charge < -0.3 is 15.4 Å². The maximum Gasteiger partial charge on any atom is 0.258 e. The van der Waals surface area contributed by atoms with E-state index in [0.717, 1.165) is 18.7 Å². The van der Waals surface area contributed by atoms with Crippen molar-refractivity contribution in [2.75, 3.05) is 25.0 Å². The molecule has 1 saturated heterocycles. The summed E-state index contributed by atoms with van der Waals surface area (Å²) in [5.41, 5.74) is 2.21. The number of carbonyl (C=O) groups is 1. The smallest absolute Gasteiger partial charge is 0.258 e. The Bertz CT molecular complexity index is 1020. The van der Waals surface area contributed by atoms with Gasteiger partial charge in [0.2, 0.25) is 0 Å². The first-order valence-electron chi connectivity index (χ1n) is 8.74. The van der Waals surface area contributed by atoms with Gasteiger partial charge in [-0.25, -0.2) is 14.6 Å². The highest BCUT2D eigenvalue weighted by Gasteiger charge is 2.16. The quantitative estimate of drug-likeness (QED) is 0.708. The van der Waals surface area contributed by atoms with Gasteiger partial charge in [0.15, 0.2) is 11.5 Å². The maximum atomic E-state index is 12.5. The molecule has 4 rings (SSSR count). The van der Waals surface area contributed by atoms with Gasteiger partial charge in [-0.15, -0.1) is 0 Å². The third-order valence-electron chi connectivity index (χ3n) is 4.31. The molecule has 1 aromatic carbocycles. The minimum absolute atomic E-state index is 0.0260. The average molecular weight is 375 g/mol. The summed E-state index contributed by atoms with van der Waals surface area (Å²) in [6.45, 7) is 2.33. The molecule has 0 spiro atoms. The molecular formula is C19H17N7O2. The zero-order chi connectivity index (χ0) is 19.3. The number of hydrogen-bond donors (Lipinski definition) is 2. The minimum atomic E-state index is -0.308. The number of benzene rings is 1. The predicted octanol–water partition coefficient (Wildman–Crippen LogP) is 1.45. The Kier molecular flexibility index (Phi) is 5.05. The molecule has 0 aliphatic carbocycles. The topological polar surface area (TPSA) is 118 Å². The summed E-state index contributed by atoms with van der Waals surface area (Å²) in [6, 6.07) is 9.51. The van der Waals surface area contributed by atoms with Gasteiger partial charge in [-0.05, 0) is 17.7 Å². The molecule has 0 radical (unpaired) electrons. The van der Waals surface area contributed by atoms with Crippen molar-refractivity contribution in [1.29, 1.82) is 5.26 Å². The Hall–Kier alpha value is -3.61. The molecule has 2 aromatic heterocycles. The Morgan fingerprint density at radius 1 is 1.29 bits per heavy atom. The zero-order valence-electron chi connectivity index (χ0n) is 14.9. The van der Waals surface area contributed by atoms with E-state index < -0.39 is 0 Å². The van der Waals surface area contributed by atoms with Crippen molar-refractivity contribution in [3.8, 4) is 11.9 Å². The number of carbonyl (C=O) groups excluding carboxylic acids is 1. The van der Waals surface area contributed by atoms with E-state index in [4.69, 9.17) is 10.00 Å². The van der Waals surface area contributed by atoms with Crippen LogP contribution < -0.4 is 10.6 Å². The predicted molar refractivity (Wildman–Crippen MR) is 99.8 cm³/mol. The van der Waals surface area contributed by atoms with E-state index in [1.807, 2.05) is 30.3 Å². The number of nitriles is 1. The van der Waals surface area contributed by atoms with E-state index in [0.29, 0.717) is 17.9 Å². The number of rotatable bonds is 4. The molecule has 3 aromatic rings. The van der Waals surface area contributed by atoms with Gasteiger partial charge in [-0.2, -0.15) is 10.4 Å². The molecule has 2 N–H and O–H groups in total. The largest absolute Gasteiger partial charge is 0.371 e. The van der Waals surface area contributed by atoms with Crippen LogP contribution >= 0.6 is 0 Å². The first-order chi connectivity index (χ1) is 13.7. The van der Waals surface area contributed by atoms with Crippen LogP contribution in [0.5, 0.6) is 0 Å². The molecule has 0 bridgehead atoms.